The minimum Gasteiger partial charge on any atom is -0.463 e. The van der Waals surface area contributed by atoms with Gasteiger partial charge in [0.2, 0.25) is 0 Å². The van der Waals surface area contributed by atoms with E-state index in [-0.39, 0.29) is 5.57 Å². The predicted molar refractivity (Wildman–Crippen MR) is 53.2 cm³/mol. The molecule has 1 aromatic rings. The molecule has 3 nitrogen and oxygen atoms in total. The summed E-state index contributed by atoms with van der Waals surface area (Å²) < 4.78 is 5.16. The average Bonchev–Trinajstić information content (AvgIpc) is 2.74. The van der Waals surface area contributed by atoms with Gasteiger partial charge in [-0.05, 0) is 11.6 Å². The van der Waals surface area contributed by atoms with Gasteiger partial charge in [0.1, 0.15) is 23.5 Å². The first-order valence-electron chi connectivity index (χ1n) is 3.92. The predicted octanol–water partition coefficient (Wildman–Crippen LogP) is 2.20. The van der Waals surface area contributed by atoms with E-state index in [1.165, 1.54) is 6.26 Å². The molecule has 0 amide bonds. The highest BCUT2D eigenvalue weighted by Crippen LogP contribution is 2.35. The summed E-state index contributed by atoms with van der Waals surface area (Å²) in [6, 6.07) is 5.46. The first kappa shape index (κ1) is 8.68. The lowest BCUT2D eigenvalue weighted by Crippen LogP contribution is -1.86. The van der Waals surface area contributed by atoms with Crippen LogP contribution in [-0.4, -0.2) is 4.86 Å². The van der Waals surface area contributed by atoms with Crippen molar-refractivity contribution >= 4 is 22.7 Å². The van der Waals surface area contributed by atoms with Gasteiger partial charge in [0.05, 0.1) is 11.1 Å². The monoisotopic (exact) mass is 200 g/mol. The summed E-state index contributed by atoms with van der Waals surface area (Å²) in [6.45, 7) is 0. The first-order valence-corrected chi connectivity index (χ1v) is 4.33. The average molecular weight is 200 g/mol. The van der Waals surface area contributed by atoms with Crippen LogP contribution < -0.4 is 0 Å². The van der Waals surface area contributed by atoms with E-state index >= 15 is 0 Å². The Morgan fingerprint density at radius 3 is 2.79 bits per heavy atom. The highest BCUT2D eigenvalue weighted by molar-refractivity contribution is 7.80. The molecule has 66 valence electrons. The molecule has 0 saturated carbocycles. The minimum absolute atomic E-state index is 0.118. The van der Waals surface area contributed by atoms with E-state index in [9.17, 15) is 0 Å². The van der Waals surface area contributed by atoms with Crippen LogP contribution in [0.2, 0.25) is 0 Å². The van der Waals surface area contributed by atoms with Gasteiger partial charge in [-0.15, -0.1) is 0 Å². The van der Waals surface area contributed by atoms with Crippen LogP contribution in [0.3, 0.4) is 0 Å². The summed E-state index contributed by atoms with van der Waals surface area (Å²) in [5, 5.41) is 17.5. The smallest absolute Gasteiger partial charge is 0.148 e. The van der Waals surface area contributed by atoms with Gasteiger partial charge < -0.3 is 4.42 Å². The zero-order valence-corrected chi connectivity index (χ0v) is 7.89. The minimum atomic E-state index is 0.118. The number of furan rings is 1. The van der Waals surface area contributed by atoms with E-state index in [1.807, 2.05) is 12.1 Å². The standard InChI is InChI=1S/C10H4N2OS/c11-4-6(5-12)8-3-9(14)10-7(8)1-2-13-10/h1-2H,3H2. The Hall–Kier alpha value is -1.91. The van der Waals surface area contributed by atoms with Crippen LogP contribution >= 0.6 is 12.2 Å². The van der Waals surface area contributed by atoms with Crippen molar-refractivity contribution in [2.75, 3.05) is 0 Å². The zero-order valence-electron chi connectivity index (χ0n) is 7.07. The molecule has 1 heterocycles. The number of allylic oxidation sites excluding steroid dienone is 2. The van der Waals surface area contributed by atoms with Gasteiger partial charge in [-0.1, -0.05) is 12.2 Å². The molecular formula is C10H4N2OS. The molecule has 0 spiro atoms. The van der Waals surface area contributed by atoms with Crippen LogP contribution in [0.1, 0.15) is 17.7 Å². The highest BCUT2D eigenvalue weighted by Gasteiger charge is 2.26. The van der Waals surface area contributed by atoms with E-state index in [2.05, 4.69) is 0 Å². The van der Waals surface area contributed by atoms with Crippen LogP contribution in [0, 0.1) is 22.7 Å². The van der Waals surface area contributed by atoms with Gasteiger partial charge in [-0.3, -0.25) is 0 Å². The zero-order chi connectivity index (χ0) is 10.1. The van der Waals surface area contributed by atoms with Gasteiger partial charge in [0, 0.05) is 12.0 Å². The Balaban J connectivity index is 2.68. The van der Waals surface area contributed by atoms with Gasteiger partial charge in [-0.2, -0.15) is 10.5 Å². The third-order valence-corrected chi connectivity index (χ3v) is 2.44. The second-order valence-electron chi connectivity index (χ2n) is 2.84. The van der Waals surface area contributed by atoms with E-state index in [0.29, 0.717) is 22.6 Å². The molecule has 0 aromatic carbocycles. The number of hydrogen-bond donors (Lipinski definition) is 0. The molecule has 0 N–H and O–H groups in total. The molecule has 0 aliphatic heterocycles. The summed E-state index contributed by atoms with van der Waals surface area (Å²) in [4.78, 5) is 0.656. The molecule has 0 fully saturated rings. The number of fused-ring (bicyclic) bond motifs is 1. The number of hydrogen-bond acceptors (Lipinski definition) is 4. The number of nitriles is 2. The summed E-state index contributed by atoms with van der Waals surface area (Å²) in [6.07, 6.45) is 1.98. The van der Waals surface area contributed by atoms with E-state index in [1.54, 1.807) is 6.07 Å². The Morgan fingerprint density at radius 1 is 1.43 bits per heavy atom. The number of rotatable bonds is 0. The van der Waals surface area contributed by atoms with E-state index in [0.717, 1.165) is 5.56 Å². The Bertz CT molecular complexity index is 509. The maximum absolute atomic E-state index is 8.73. The molecule has 4 heteroatoms. The van der Waals surface area contributed by atoms with Gasteiger partial charge in [-0.25, -0.2) is 0 Å². The van der Waals surface area contributed by atoms with Crippen molar-refractivity contribution in [3.8, 4) is 12.1 Å². The summed E-state index contributed by atoms with van der Waals surface area (Å²) in [7, 11) is 0. The van der Waals surface area contributed by atoms with Crippen LogP contribution in [0.15, 0.2) is 22.3 Å². The lowest BCUT2D eigenvalue weighted by atomic mass is 10.1. The summed E-state index contributed by atoms with van der Waals surface area (Å²) in [5.41, 5.74) is 1.59. The molecule has 0 bridgehead atoms. The van der Waals surface area contributed by atoms with Crippen molar-refractivity contribution in [3.63, 3.8) is 0 Å². The quantitative estimate of drug-likeness (QED) is 0.475. The van der Waals surface area contributed by atoms with Crippen molar-refractivity contribution in [1.82, 2.24) is 0 Å². The van der Waals surface area contributed by atoms with E-state index in [4.69, 9.17) is 27.2 Å². The Morgan fingerprint density at radius 2 is 2.14 bits per heavy atom. The van der Waals surface area contributed by atoms with Crippen molar-refractivity contribution < 1.29 is 4.42 Å². The second-order valence-corrected chi connectivity index (χ2v) is 3.33. The normalized spacial score (nSPS) is 13.3. The molecule has 14 heavy (non-hydrogen) atoms. The SMILES string of the molecule is N#CC(C#N)=C1CC(=S)c2occc21. The maximum Gasteiger partial charge on any atom is 0.148 e. The van der Waals surface area contributed by atoms with Crippen molar-refractivity contribution in [1.29, 1.82) is 10.5 Å². The first-order chi connectivity index (χ1) is 6.77. The van der Waals surface area contributed by atoms with Crippen molar-refractivity contribution in [2.45, 2.75) is 6.42 Å². The van der Waals surface area contributed by atoms with E-state index < -0.39 is 0 Å². The van der Waals surface area contributed by atoms with Crippen molar-refractivity contribution in [3.05, 3.63) is 29.2 Å². The third-order valence-electron chi connectivity index (χ3n) is 2.11. The molecule has 1 aliphatic rings. The van der Waals surface area contributed by atoms with Crippen LogP contribution in [0.25, 0.3) is 5.57 Å². The molecule has 0 unspecified atom stereocenters. The molecule has 1 aliphatic carbocycles. The molecule has 0 radical (unpaired) electrons. The fourth-order valence-electron chi connectivity index (χ4n) is 1.48. The lowest BCUT2D eigenvalue weighted by molar-refractivity contribution is 0.559. The van der Waals surface area contributed by atoms with Crippen molar-refractivity contribution in [2.24, 2.45) is 0 Å². The Labute approximate surface area is 85.9 Å². The van der Waals surface area contributed by atoms with Gasteiger partial charge >= 0.3 is 0 Å². The van der Waals surface area contributed by atoms with Gasteiger partial charge in [0.15, 0.2) is 0 Å². The van der Waals surface area contributed by atoms with Gasteiger partial charge in [0.25, 0.3) is 0 Å². The largest absolute Gasteiger partial charge is 0.463 e. The topological polar surface area (TPSA) is 60.7 Å². The Kier molecular flexibility index (Phi) is 1.92. The summed E-state index contributed by atoms with van der Waals surface area (Å²) >= 11 is 5.07. The second kappa shape index (κ2) is 3.10. The third kappa shape index (κ3) is 1.06. The lowest BCUT2D eigenvalue weighted by Gasteiger charge is -1.92. The van der Waals surface area contributed by atoms with Crippen LogP contribution in [-0.2, 0) is 0 Å². The summed E-state index contributed by atoms with van der Waals surface area (Å²) in [5.74, 6) is 0.623. The molecule has 0 saturated heterocycles. The molecule has 0 atom stereocenters. The number of thiocarbonyl (C=S) groups is 1. The molecule has 2 rings (SSSR count). The molecule has 1 aromatic heterocycles. The van der Waals surface area contributed by atoms with Crippen LogP contribution in [0.5, 0.6) is 0 Å². The van der Waals surface area contributed by atoms with Crippen LogP contribution in [0.4, 0.5) is 0 Å². The maximum atomic E-state index is 8.73. The fourth-order valence-corrected chi connectivity index (χ4v) is 1.78. The molecular weight excluding hydrogens is 196 g/mol. The fraction of sp³-hybridized carbons (Fsp3) is 0.100. The highest BCUT2D eigenvalue weighted by atomic mass is 32.1. The number of nitrogens with zero attached hydrogens (tertiary/aromatic N) is 2.